The van der Waals surface area contributed by atoms with E-state index in [1.165, 1.54) is 26.0 Å². The van der Waals surface area contributed by atoms with Crippen molar-refractivity contribution in [2.24, 2.45) is 16.7 Å². The molecule has 1 amide bonds. The molecule has 1 saturated heterocycles. The molecule has 64 heavy (non-hydrogen) atoms. The van der Waals surface area contributed by atoms with Gasteiger partial charge in [-0.25, -0.2) is 9.59 Å². The molecule has 0 aromatic heterocycles. The molecule has 15 heteroatoms. The van der Waals surface area contributed by atoms with E-state index in [1.807, 2.05) is 0 Å². The zero-order chi connectivity index (χ0) is 46.4. The first-order valence-electron chi connectivity index (χ1n) is 21.5. The van der Waals surface area contributed by atoms with Crippen LogP contribution < -0.4 is 5.32 Å². The van der Waals surface area contributed by atoms with E-state index in [2.05, 4.69) is 5.32 Å². The molecule has 7 rings (SSSR count). The lowest BCUT2D eigenvalue weighted by Gasteiger charge is -2.67. The van der Waals surface area contributed by atoms with Gasteiger partial charge in [0.05, 0.1) is 35.6 Å². The highest BCUT2D eigenvalue weighted by molar-refractivity contribution is 5.96. The lowest BCUT2D eigenvalue weighted by atomic mass is 9.44. The van der Waals surface area contributed by atoms with Crippen LogP contribution in [0.2, 0.25) is 0 Å². The first kappa shape index (κ1) is 46.3. The number of hydrogen-bond acceptors (Lipinski definition) is 14. The van der Waals surface area contributed by atoms with Crippen LogP contribution in [-0.4, -0.2) is 105 Å². The van der Waals surface area contributed by atoms with Crippen molar-refractivity contribution in [1.29, 1.82) is 0 Å². The maximum absolute atomic E-state index is 15.6. The van der Waals surface area contributed by atoms with Gasteiger partial charge in [-0.05, 0) is 61.2 Å². The van der Waals surface area contributed by atoms with Gasteiger partial charge in [0.2, 0.25) is 0 Å². The second kappa shape index (κ2) is 17.7. The fraction of sp³-hybridized carbons (Fsp3) is 0.469. The minimum Gasteiger partial charge on any atom is -0.456 e. The van der Waals surface area contributed by atoms with Crippen LogP contribution in [0.15, 0.2) is 102 Å². The maximum atomic E-state index is 15.6. The second-order valence-electron chi connectivity index (χ2n) is 18.0. The Balaban J connectivity index is 1.39. The van der Waals surface area contributed by atoms with Crippen LogP contribution in [0.1, 0.15) is 99.5 Å². The quantitative estimate of drug-likeness (QED) is 0.112. The van der Waals surface area contributed by atoms with Gasteiger partial charge in [0, 0.05) is 37.2 Å². The first-order chi connectivity index (χ1) is 30.3. The van der Waals surface area contributed by atoms with Gasteiger partial charge >= 0.3 is 23.9 Å². The Morgan fingerprint density at radius 2 is 1.47 bits per heavy atom. The molecule has 1 heterocycles. The van der Waals surface area contributed by atoms with E-state index in [-0.39, 0.29) is 41.7 Å². The SMILES string of the molecule is CCCC(=O)O[C@@]12CO[C@@H]1C[C@H](O)[C@@]1(C)C(=O)[C@H](OC(C)=O)C3=C(C)[C@@H](OC(=O)[C@H](O)[C@@H](NC(=O)c4ccccc4)c4ccccc4)C[C@@](O)([C@@H](OC(=O)c4ccccc4)C12)C3(C)C. The fourth-order valence-electron chi connectivity index (χ4n) is 10.4. The Kier molecular flexibility index (Phi) is 12.8. The van der Waals surface area contributed by atoms with E-state index in [4.69, 9.17) is 23.7 Å². The number of ketones is 1. The summed E-state index contributed by atoms with van der Waals surface area (Å²) in [6, 6.07) is 23.0. The number of nitrogens with one attached hydrogen (secondary N) is 1. The summed E-state index contributed by atoms with van der Waals surface area (Å²) in [5.41, 5.74) is -7.01. The number of carbonyl (C=O) groups is 6. The largest absolute Gasteiger partial charge is 0.456 e. The molecule has 1 unspecified atom stereocenters. The Morgan fingerprint density at radius 3 is 2.03 bits per heavy atom. The number of hydrogen-bond donors (Lipinski definition) is 4. The fourth-order valence-corrected chi connectivity index (χ4v) is 10.4. The predicted molar refractivity (Wildman–Crippen MR) is 227 cm³/mol. The average Bonchev–Trinajstić information content (AvgIpc) is 3.27. The molecule has 4 aliphatic rings. The van der Waals surface area contributed by atoms with Crippen molar-refractivity contribution in [1.82, 2.24) is 5.32 Å². The van der Waals surface area contributed by atoms with Crippen LogP contribution in [0, 0.1) is 16.7 Å². The molecule has 340 valence electrons. The van der Waals surface area contributed by atoms with Crippen LogP contribution in [-0.2, 0) is 42.9 Å². The number of esters is 4. The van der Waals surface area contributed by atoms with Gasteiger partial charge in [0.15, 0.2) is 23.6 Å². The maximum Gasteiger partial charge on any atom is 0.338 e. The topological polar surface area (TPSA) is 221 Å². The Hall–Kier alpha value is -5.74. The third-order valence-corrected chi connectivity index (χ3v) is 13.9. The van der Waals surface area contributed by atoms with Crippen molar-refractivity contribution in [2.75, 3.05) is 6.61 Å². The predicted octanol–water partition coefficient (Wildman–Crippen LogP) is 4.52. The van der Waals surface area contributed by atoms with E-state index in [9.17, 15) is 39.3 Å². The van der Waals surface area contributed by atoms with Gasteiger partial charge in [0.1, 0.15) is 23.9 Å². The van der Waals surface area contributed by atoms with Crippen molar-refractivity contribution in [3.05, 3.63) is 119 Å². The van der Waals surface area contributed by atoms with Gasteiger partial charge in [-0.3, -0.25) is 19.2 Å². The number of Topliss-reactive ketones (excluding diaryl/α,β-unsaturated/α-hetero) is 1. The standard InChI is InChI=1S/C49H55NO14/c1-7-17-35(53)64-48-26-60-34(48)24-33(52)47(6)40(48)42(63-44(57)31-22-15-10-16-23-31)49(59)25-32(27(2)36(46(49,4)5)39(41(47)55)61-28(3)51)62-45(58)38(54)37(29-18-11-8-12-19-29)50-43(56)30-20-13-9-14-21-30/h8-16,18-23,32-34,37-40,42,52,54,59H,7,17,24-26H2,1-6H3,(H,50,56)/t32-,33-,34+,37-,38+,39+,40?,42-,47+,48-,49+/m0/s1. The molecule has 2 saturated carbocycles. The molecular formula is C49H55NO14. The normalized spacial score (nSPS) is 31.2. The van der Waals surface area contributed by atoms with Crippen LogP contribution in [0.5, 0.6) is 0 Å². The number of benzene rings is 3. The zero-order valence-corrected chi connectivity index (χ0v) is 36.6. The Bertz CT molecular complexity index is 2320. The molecule has 11 atom stereocenters. The van der Waals surface area contributed by atoms with Crippen molar-refractivity contribution in [3.8, 4) is 0 Å². The molecule has 1 aliphatic heterocycles. The van der Waals surface area contributed by atoms with Gasteiger partial charge in [-0.15, -0.1) is 0 Å². The van der Waals surface area contributed by atoms with Crippen molar-refractivity contribution < 1.29 is 67.8 Å². The molecule has 0 radical (unpaired) electrons. The monoisotopic (exact) mass is 881 g/mol. The molecule has 4 N–H and O–H groups in total. The number of aliphatic hydroxyl groups is 3. The molecule has 3 fully saturated rings. The lowest BCUT2D eigenvalue weighted by molar-refractivity contribution is -0.346. The minimum atomic E-state index is -2.39. The second-order valence-corrected chi connectivity index (χ2v) is 18.0. The molecule has 2 bridgehead atoms. The summed E-state index contributed by atoms with van der Waals surface area (Å²) in [4.78, 5) is 84.5. The van der Waals surface area contributed by atoms with E-state index in [0.717, 1.165) is 6.92 Å². The molecule has 3 aromatic carbocycles. The van der Waals surface area contributed by atoms with Crippen molar-refractivity contribution in [2.45, 2.75) is 121 Å². The molecular weight excluding hydrogens is 827 g/mol. The molecule has 15 nitrogen and oxygen atoms in total. The van der Waals surface area contributed by atoms with Crippen LogP contribution in [0.3, 0.4) is 0 Å². The number of aliphatic hydroxyl groups excluding tert-OH is 2. The summed E-state index contributed by atoms with van der Waals surface area (Å²) >= 11 is 0. The Labute approximate surface area is 371 Å². The number of rotatable bonds is 12. The van der Waals surface area contributed by atoms with E-state index in [1.54, 1.807) is 99.6 Å². The average molecular weight is 882 g/mol. The van der Waals surface area contributed by atoms with E-state index >= 15 is 4.79 Å². The smallest absolute Gasteiger partial charge is 0.338 e. The van der Waals surface area contributed by atoms with Crippen LogP contribution in [0.25, 0.3) is 0 Å². The summed E-state index contributed by atoms with van der Waals surface area (Å²) in [5, 5.41) is 40.5. The third-order valence-electron chi connectivity index (χ3n) is 13.9. The number of carbonyl (C=O) groups excluding carboxylic acids is 6. The van der Waals surface area contributed by atoms with E-state index in [0.29, 0.717) is 12.0 Å². The highest BCUT2D eigenvalue weighted by Gasteiger charge is 2.78. The van der Waals surface area contributed by atoms with Gasteiger partial charge in [-0.2, -0.15) is 0 Å². The minimum absolute atomic E-state index is 0.00220. The van der Waals surface area contributed by atoms with E-state index < -0.39 is 113 Å². The number of fused-ring (bicyclic) bond motifs is 5. The highest BCUT2D eigenvalue weighted by atomic mass is 16.6. The van der Waals surface area contributed by atoms with Crippen LogP contribution >= 0.6 is 0 Å². The number of amides is 1. The Morgan fingerprint density at radius 1 is 0.875 bits per heavy atom. The summed E-state index contributed by atoms with van der Waals surface area (Å²) in [6.07, 6.45) is -10.1. The lowest BCUT2D eigenvalue weighted by Crippen LogP contribution is -2.82. The molecule has 0 spiro atoms. The highest BCUT2D eigenvalue weighted by Crippen LogP contribution is 2.64. The van der Waals surface area contributed by atoms with Crippen molar-refractivity contribution >= 4 is 35.6 Å². The van der Waals surface area contributed by atoms with Gasteiger partial charge in [-0.1, -0.05) is 87.5 Å². The number of ether oxygens (including phenoxy) is 5. The summed E-state index contributed by atoms with van der Waals surface area (Å²) in [6.45, 7) is 8.66. The first-order valence-corrected chi connectivity index (χ1v) is 21.5. The van der Waals surface area contributed by atoms with Gasteiger partial charge in [0.25, 0.3) is 5.91 Å². The summed E-state index contributed by atoms with van der Waals surface area (Å²) < 4.78 is 30.7. The zero-order valence-electron chi connectivity index (χ0n) is 36.6. The molecule has 3 aromatic rings. The molecule has 3 aliphatic carbocycles. The van der Waals surface area contributed by atoms with Crippen LogP contribution in [0.4, 0.5) is 0 Å². The summed E-state index contributed by atoms with van der Waals surface area (Å²) in [7, 11) is 0. The summed E-state index contributed by atoms with van der Waals surface area (Å²) in [5.74, 6) is -6.69. The van der Waals surface area contributed by atoms with Crippen molar-refractivity contribution in [3.63, 3.8) is 0 Å². The van der Waals surface area contributed by atoms with Gasteiger partial charge < -0.3 is 44.3 Å². The third kappa shape index (κ3) is 7.82.